The molecule has 0 amide bonds. The van der Waals surface area contributed by atoms with Gasteiger partial charge in [0.15, 0.2) is 0 Å². The van der Waals surface area contributed by atoms with Gasteiger partial charge < -0.3 is 5.73 Å². The molecule has 2 N–H and O–H groups in total. The highest BCUT2D eigenvalue weighted by Gasteiger charge is 1.89. The highest BCUT2D eigenvalue weighted by Crippen LogP contribution is 1.99. The average molecular weight is 253 g/mol. The van der Waals surface area contributed by atoms with Crippen molar-refractivity contribution in [2.75, 3.05) is 0 Å². The first-order chi connectivity index (χ1) is 9.21. The maximum atomic E-state index is 5.46. The molecule has 100 valence electrons. The minimum absolute atomic E-state index is 0.985. The molecule has 0 aromatic heterocycles. The van der Waals surface area contributed by atoms with E-state index in [1.807, 2.05) is 13.0 Å². The van der Waals surface area contributed by atoms with Crippen LogP contribution in [0.5, 0.6) is 0 Å². The van der Waals surface area contributed by atoms with E-state index in [0.29, 0.717) is 0 Å². The summed E-state index contributed by atoms with van der Waals surface area (Å²) in [4.78, 5) is 0. The third-order valence-electron chi connectivity index (χ3n) is 3.08. The smallest absolute Gasteiger partial charge is 0.00565 e. The van der Waals surface area contributed by atoms with Crippen molar-refractivity contribution in [3.8, 4) is 0 Å². The molecule has 1 nitrogen and oxygen atoms in total. The summed E-state index contributed by atoms with van der Waals surface area (Å²) in [5.74, 6) is 0. The van der Waals surface area contributed by atoms with E-state index in [1.165, 1.54) is 16.0 Å². The Labute approximate surface area is 116 Å². The topological polar surface area (TPSA) is 26.0 Å². The summed E-state index contributed by atoms with van der Waals surface area (Å²) in [5.41, 5.74) is 7.95. The Morgan fingerprint density at radius 3 is 2.37 bits per heavy atom. The lowest BCUT2D eigenvalue weighted by Crippen LogP contribution is -2.23. The molecular weight excluding hydrogens is 230 g/mol. The van der Waals surface area contributed by atoms with Gasteiger partial charge in [-0.3, -0.25) is 0 Å². The van der Waals surface area contributed by atoms with Gasteiger partial charge in [0.1, 0.15) is 0 Å². The first-order valence-corrected chi connectivity index (χ1v) is 6.64. The second-order valence-electron chi connectivity index (χ2n) is 4.46. The highest BCUT2D eigenvalue weighted by atomic mass is 14.5. The summed E-state index contributed by atoms with van der Waals surface area (Å²) in [5, 5.41) is 2.48. The number of allylic oxidation sites excluding steroid dienone is 5. The lowest BCUT2D eigenvalue weighted by atomic mass is 10.1. The van der Waals surface area contributed by atoms with E-state index in [0.717, 1.165) is 12.0 Å². The molecule has 0 atom stereocenters. The van der Waals surface area contributed by atoms with Crippen molar-refractivity contribution < 1.29 is 0 Å². The van der Waals surface area contributed by atoms with Gasteiger partial charge in [-0.1, -0.05) is 48.1 Å². The Bertz CT molecular complexity index is 601. The van der Waals surface area contributed by atoms with Crippen molar-refractivity contribution in [3.05, 3.63) is 70.3 Å². The van der Waals surface area contributed by atoms with Crippen LogP contribution in [0.15, 0.2) is 59.8 Å². The molecule has 0 saturated heterocycles. The maximum absolute atomic E-state index is 5.46. The Morgan fingerprint density at radius 2 is 1.79 bits per heavy atom. The minimum Gasteiger partial charge on any atom is -0.405 e. The van der Waals surface area contributed by atoms with Crippen LogP contribution in [0, 0.1) is 0 Å². The molecule has 0 aliphatic carbocycles. The van der Waals surface area contributed by atoms with Crippen LogP contribution in [0.1, 0.15) is 27.2 Å². The maximum Gasteiger partial charge on any atom is -0.00565 e. The molecule has 0 aliphatic heterocycles. The van der Waals surface area contributed by atoms with Crippen LogP contribution < -0.4 is 16.2 Å². The Morgan fingerprint density at radius 1 is 1.11 bits per heavy atom. The Hall–Kier alpha value is -2.02. The monoisotopic (exact) mass is 253 g/mol. The summed E-state index contributed by atoms with van der Waals surface area (Å²) >= 11 is 0. The predicted molar refractivity (Wildman–Crippen MR) is 85.8 cm³/mol. The lowest BCUT2D eigenvalue weighted by Gasteiger charge is -1.96. The quantitative estimate of drug-likeness (QED) is 0.648. The van der Waals surface area contributed by atoms with Crippen LogP contribution in [-0.4, -0.2) is 0 Å². The van der Waals surface area contributed by atoms with Crippen molar-refractivity contribution >= 4 is 12.2 Å². The van der Waals surface area contributed by atoms with Crippen LogP contribution in [-0.2, 0) is 0 Å². The molecule has 1 aromatic rings. The zero-order valence-corrected chi connectivity index (χ0v) is 12.1. The van der Waals surface area contributed by atoms with E-state index in [-0.39, 0.29) is 0 Å². The van der Waals surface area contributed by atoms with E-state index in [9.17, 15) is 0 Å². The van der Waals surface area contributed by atoms with E-state index in [1.54, 1.807) is 6.20 Å². The van der Waals surface area contributed by atoms with Crippen LogP contribution in [0.2, 0.25) is 0 Å². The van der Waals surface area contributed by atoms with Crippen LogP contribution >= 0.6 is 0 Å². The number of hydrogen-bond donors (Lipinski definition) is 1. The Balaban J connectivity index is 3.26. The van der Waals surface area contributed by atoms with Gasteiger partial charge in [-0.05, 0) is 61.6 Å². The molecule has 1 heteroatoms. The fourth-order valence-corrected chi connectivity index (χ4v) is 1.74. The molecule has 0 aliphatic rings. The summed E-state index contributed by atoms with van der Waals surface area (Å²) in [6, 6.07) is 8.41. The minimum atomic E-state index is 0.985. The molecule has 0 bridgehead atoms. The molecule has 0 saturated carbocycles. The molecule has 0 fully saturated rings. The van der Waals surface area contributed by atoms with E-state index >= 15 is 0 Å². The molecule has 0 unspecified atom stereocenters. The zero-order valence-electron chi connectivity index (χ0n) is 12.1. The third kappa shape index (κ3) is 5.01. The summed E-state index contributed by atoms with van der Waals surface area (Å²) in [6.45, 7) is 6.24. The van der Waals surface area contributed by atoms with Gasteiger partial charge in [0.2, 0.25) is 0 Å². The fraction of sp³-hybridized carbons (Fsp3) is 0.222. The van der Waals surface area contributed by atoms with Crippen LogP contribution in [0.25, 0.3) is 12.2 Å². The molecular formula is C18H23N. The fourth-order valence-electron chi connectivity index (χ4n) is 1.74. The lowest BCUT2D eigenvalue weighted by molar-refractivity contribution is 1.24. The second-order valence-corrected chi connectivity index (χ2v) is 4.46. The van der Waals surface area contributed by atoms with E-state index < -0.39 is 0 Å². The van der Waals surface area contributed by atoms with Crippen molar-refractivity contribution in [3.63, 3.8) is 0 Å². The average Bonchev–Trinajstić information content (AvgIpc) is 2.45. The van der Waals surface area contributed by atoms with Crippen molar-refractivity contribution in [1.82, 2.24) is 0 Å². The van der Waals surface area contributed by atoms with Crippen molar-refractivity contribution in [2.45, 2.75) is 27.2 Å². The standard InChI is InChI=1S/C18H23N/c1-4-15(3)10-11-17-8-6-7-9-18(17)14-16(5-2)12-13-19/h4-9,11-14H,10,19H2,1-3H3/b13-12-,15-4+,16-5-,17-11-,18-14-. The predicted octanol–water partition coefficient (Wildman–Crippen LogP) is 3.02. The van der Waals surface area contributed by atoms with Crippen molar-refractivity contribution in [1.29, 1.82) is 0 Å². The molecule has 0 heterocycles. The first-order valence-electron chi connectivity index (χ1n) is 6.64. The van der Waals surface area contributed by atoms with Gasteiger partial charge in [-0.2, -0.15) is 0 Å². The number of hydrogen-bond acceptors (Lipinski definition) is 1. The first kappa shape index (κ1) is 15.0. The Kier molecular flexibility index (Phi) is 6.45. The van der Waals surface area contributed by atoms with Gasteiger partial charge in [-0.25, -0.2) is 0 Å². The SMILES string of the molecule is C/C=C(/C=C\N)\C=c1\cccc\c1=C\C/C(C)=C/C. The van der Waals surface area contributed by atoms with E-state index in [2.05, 4.69) is 62.4 Å². The largest absolute Gasteiger partial charge is 0.405 e. The normalized spacial score (nSPS) is 15.5. The highest BCUT2D eigenvalue weighted by molar-refractivity contribution is 5.53. The number of nitrogens with two attached hydrogens (primary N) is 1. The zero-order chi connectivity index (χ0) is 14.1. The number of benzene rings is 1. The van der Waals surface area contributed by atoms with Crippen LogP contribution in [0.3, 0.4) is 0 Å². The molecule has 1 aromatic carbocycles. The van der Waals surface area contributed by atoms with Crippen molar-refractivity contribution in [2.24, 2.45) is 5.73 Å². The molecule has 19 heavy (non-hydrogen) atoms. The summed E-state index contributed by atoms with van der Waals surface area (Å²) < 4.78 is 0. The van der Waals surface area contributed by atoms with Gasteiger partial charge in [0.05, 0.1) is 0 Å². The van der Waals surface area contributed by atoms with Gasteiger partial charge in [-0.15, -0.1) is 0 Å². The third-order valence-corrected chi connectivity index (χ3v) is 3.08. The summed E-state index contributed by atoms with van der Waals surface area (Å²) in [6.07, 6.45) is 13.1. The second kappa shape index (κ2) is 8.15. The van der Waals surface area contributed by atoms with Gasteiger partial charge in [0, 0.05) is 0 Å². The van der Waals surface area contributed by atoms with E-state index in [4.69, 9.17) is 5.73 Å². The van der Waals surface area contributed by atoms with Crippen LogP contribution in [0.4, 0.5) is 0 Å². The molecule has 0 spiro atoms. The van der Waals surface area contributed by atoms with Gasteiger partial charge >= 0.3 is 0 Å². The molecule has 0 radical (unpaired) electrons. The molecule has 1 rings (SSSR count). The van der Waals surface area contributed by atoms with Gasteiger partial charge in [0.25, 0.3) is 0 Å². The number of rotatable bonds is 4. The summed E-state index contributed by atoms with van der Waals surface area (Å²) in [7, 11) is 0.